The third-order valence-corrected chi connectivity index (χ3v) is 2.93. The molecule has 0 amide bonds. The van der Waals surface area contributed by atoms with E-state index in [9.17, 15) is 8.42 Å². The molecule has 114 valence electrons. The van der Waals surface area contributed by atoms with E-state index in [-0.39, 0.29) is 0 Å². The second-order valence-corrected chi connectivity index (χ2v) is 6.29. The van der Waals surface area contributed by atoms with E-state index in [0.717, 1.165) is 6.54 Å². The summed E-state index contributed by atoms with van der Waals surface area (Å²) in [6.45, 7) is 5.18. The van der Waals surface area contributed by atoms with E-state index < -0.39 is 10.1 Å². The summed E-state index contributed by atoms with van der Waals surface area (Å²) in [5.74, 6) is 0. The molecule has 0 bridgehead atoms. The highest BCUT2D eigenvalue weighted by Gasteiger charge is 1.99. The van der Waals surface area contributed by atoms with Gasteiger partial charge in [0.25, 0.3) is 10.1 Å². The van der Waals surface area contributed by atoms with Gasteiger partial charge in [0.1, 0.15) is 0 Å². The fraction of sp³-hybridized carbons (Fsp3) is 0.250. The van der Waals surface area contributed by atoms with Crippen molar-refractivity contribution in [3.05, 3.63) is 65.2 Å². The zero-order valence-electron chi connectivity index (χ0n) is 12.5. The van der Waals surface area contributed by atoms with Crippen LogP contribution in [0.25, 0.3) is 0 Å². The fourth-order valence-electron chi connectivity index (χ4n) is 1.74. The molecule has 0 fully saturated rings. The van der Waals surface area contributed by atoms with Crippen molar-refractivity contribution >= 4 is 15.8 Å². The summed E-state index contributed by atoms with van der Waals surface area (Å²) >= 11 is 0. The van der Waals surface area contributed by atoms with Crippen molar-refractivity contribution < 1.29 is 13.0 Å². The second kappa shape index (κ2) is 7.81. The average Bonchev–Trinajstić information content (AvgIpc) is 2.40. The van der Waals surface area contributed by atoms with Crippen molar-refractivity contribution in [3.8, 4) is 0 Å². The van der Waals surface area contributed by atoms with Gasteiger partial charge in [0, 0.05) is 12.2 Å². The van der Waals surface area contributed by atoms with Crippen LogP contribution in [0.3, 0.4) is 0 Å². The Kier molecular flexibility index (Phi) is 6.39. The first-order chi connectivity index (χ1) is 9.77. The molecule has 0 aliphatic heterocycles. The topological polar surface area (TPSA) is 66.4 Å². The smallest absolute Gasteiger partial charge is 0.261 e. The molecule has 2 aromatic carbocycles. The van der Waals surface area contributed by atoms with Crippen LogP contribution >= 0.6 is 0 Å². The van der Waals surface area contributed by atoms with Crippen molar-refractivity contribution in [2.45, 2.75) is 20.4 Å². The Bertz CT molecular complexity index is 659. The quantitative estimate of drug-likeness (QED) is 0.853. The Morgan fingerprint density at radius 3 is 2.14 bits per heavy atom. The normalized spacial score (nSPS) is 10.5. The number of hydrogen-bond donors (Lipinski definition) is 2. The van der Waals surface area contributed by atoms with E-state index in [1.165, 1.54) is 22.4 Å². The van der Waals surface area contributed by atoms with Gasteiger partial charge in [-0.05, 0) is 36.6 Å². The number of rotatable bonds is 3. The molecule has 21 heavy (non-hydrogen) atoms. The van der Waals surface area contributed by atoms with E-state index in [1.807, 2.05) is 6.07 Å². The lowest BCUT2D eigenvalue weighted by Gasteiger charge is -2.11. The first kappa shape index (κ1) is 17.2. The minimum atomic E-state index is -3.67. The Morgan fingerprint density at radius 2 is 1.57 bits per heavy atom. The van der Waals surface area contributed by atoms with Crippen LogP contribution in [-0.2, 0) is 16.7 Å². The Morgan fingerprint density at radius 1 is 1.00 bits per heavy atom. The lowest BCUT2D eigenvalue weighted by Crippen LogP contribution is -2.01. The van der Waals surface area contributed by atoms with Crippen molar-refractivity contribution in [2.24, 2.45) is 0 Å². The van der Waals surface area contributed by atoms with Gasteiger partial charge in [-0.2, -0.15) is 8.42 Å². The molecule has 0 unspecified atom stereocenters. The van der Waals surface area contributed by atoms with Gasteiger partial charge in [0.2, 0.25) is 0 Å². The molecule has 0 atom stereocenters. The standard InChI is InChI=1S/C15H17N.CH4O3S/c1-12-7-6-10-15(13(12)2)16-11-14-8-4-3-5-9-14;1-5(2,3)4/h3-10,16H,11H2,1-2H3;1H3,(H,2,3,4). The average molecular weight is 307 g/mol. The third kappa shape index (κ3) is 7.48. The number of anilines is 1. The summed E-state index contributed by atoms with van der Waals surface area (Å²) in [7, 11) is -3.67. The largest absolute Gasteiger partial charge is 0.381 e. The van der Waals surface area contributed by atoms with E-state index in [2.05, 4.69) is 61.6 Å². The van der Waals surface area contributed by atoms with Crippen LogP contribution in [0.1, 0.15) is 16.7 Å². The molecular formula is C16H21NO3S. The maximum absolute atomic E-state index is 9.19. The lowest BCUT2D eigenvalue weighted by atomic mass is 10.1. The molecule has 2 rings (SSSR count). The van der Waals surface area contributed by atoms with Gasteiger partial charge in [-0.15, -0.1) is 0 Å². The van der Waals surface area contributed by atoms with E-state index in [0.29, 0.717) is 6.26 Å². The molecule has 4 nitrogen and oxygen atoms in total. The summed E-state index contributed by atoms with van der Waals surface area (Å²) in [5, 5.41) is 3.47. The molecule has 0 aliphatic rings. The summed E-state index contributed by atoms with van der Waals surface area (Å²) < 4.78 is 25.9. The molecule has 5 heteroatoms. The first-order valence-electron chi connectivity index (χ1n) is 6.54. The summed E-state index contributed by atoms with van der Waals surface area (Å²) in [6, 6.07) is 16.8. The monoisotopic (exact) mass is 307 g/mol. The van der Waals surface area contributed by atoms with Crippen LogP contribution < -0.4 is 5.32 Å². The molecule has 2 N–H and O–H groups in total. The lowest BCUT2D eigenvalue weighted by molar-refractivity contribution is 0.490. The van der Waals surface area contributed by atoms with Gasteiger partial charge < -0.3 is 5.32 Å². The first-order valence-corrected chi connectivity index (χ1v) is 8.38. The zero-order valence-corrected chi connectivity index (χ0v) is 13.3. The van der Waals surface area contributed by atoms with Crippen LogP contribution in [0.5, 0.6) is 0 Å². The van der Waals surface area contributed by atoms with Crippen molar-refractivity contribution in [1.29, 1.82) is 0 Å². The van der Waals surface area contributed by atoms with Gasteiger partial charge in [0.05, 0.1) is 6.26 Å². The van der Waals surface area contributed by atoms with Crippen molar-refractivity contribution in [2.75, 3.05) is 11.6 Å². The van der Waals surface area contributed by atoms with Crippen LogP contribution in [0, 0.1) is 13.8 Å². The van der Waals surface area contributed by atoms with Gasteiger partial charge in [-0.3, -0.25) is 4.55 Å². The predicted octanol–water partition coefficient (Wildman–Crippen LogP) is 3.42. The molecule has 0 radical (unpaired) electrons. The minimum absolute atomic E-state index is 0.715. The Balaban J connectivity index is 0.000000383. The Labute approximate surface area is 126 Å². The third-order valence-electron chi connectivity index (χ3n) is 2.93. The Hall–Kier alpha value is -1.85. The van der Waals surface area contributed by atoms with Crippen LogP contribution in [0.4, 0.5) is 5.69 Å². The summed E-state index contributed by atoms with van der Waals surface area (Å²) in [4.78, 5) is 0. The van der Waals surface area contributed by atoms with E-state index in [1.54, 1.807) is 0 Å². The van der Waals surface area contributed by atoms with Crippen molar-refractivity contribution in [1.82, 2.24) is 0 Å². The maximum Gasteiger partial charge on any atom is 0.261 e. The number of benzene rings is 2. The highest BCUT2D eigenvalue weighted by atomic mass is 32.2. The fourth-order valence-corrected chi connectivity index (χ4v) is 1.74. The van der Waals surface area contributed by atoms with Crippen LogP contribution in [0.15, 0.2) is 48.5 Å². The second-order valence-electron chi connectivity index (χ2n) is 4.82. The molecule has 0 aromatic heterocycles. The van der Waals surface area contributed by atoms with E-state index in [4.69, 9.17) is 4.55 Å². The maximum atomic E-state index is 9.19. The highest BCUT2D eigenvalue weighted by Crippen LogP contribution is 2.18. The zero-order chi connectivity index (χ0) is 15.9. The molecule has 0 spiro atoms. The molecular weight excluding hydrogens is 286 g/mol. The molecule has 0 saturated carbocycles. The van der Waals surface area contributed by atoms with E-state index >= 15 is 0 Å². The SMILES string of the molecule is CS(=O)(=O)O.Cc1cccc(NCc2ccccc2)c1C. The number of hydrogen-bond acceptors (Lipinski definition) is 3. The van der Waals surface area contributed by atoms with Gasteiger partial charge in [-0.25, -0.2) is 0 Å². The number of nitrogens with one attached hydrogen (secondary N) is 1. The molecule has 0 saturated heterocycles. The summed E-state index contributed by atoms with van der Waals surface area (Å²) in [6.07, 6.45) is 0.715. The predicted molar refractivity (Wildman–Crippen MR) is 87.2 cm³/mol. The van der Waals surface area contributed by atoms with Gasteiger partial charge in [-0.1, -0.05) is 42.5 Å². The number of aryl methyl sites for hydroxylation is 1. The highest BCUT2D eigenvalue weighted by molar-refractivity contribution is 7.85. The molecule has 0 heterocycles. The summed E-state index contributed by atoms with van der Waals surface area (Å²) in [5.41, 5.74) is 5.20. The van der Waals surface area contributed by atoms with Crippen molar-refractivity contribution in [3.63, 3.8) is 0 Å². The van der Waals surface area contributed by atoms with Gasteiger partial charge in [0.15, 0.2) is 0 Å². The minimum Gasteiger partial charge on any atom is -0.381 e. The van der Waals surface area contributed by atoms with Crippen LogP contribution in [-0.4, -0.2) is 19.2 Å². The van der Waals surface area contributed by atoms with Crippen LogP contribution in [0.2, 0.25) is 0 Å². The molecule has 0 aliphatic carbocycles. The molecule has 2 aromatic rings. The van der Waals surface area contributed by atoms with Gasteiger partial charge >= 0.3 is 0 Å².